The summed E-state index contributed by atoms with van der Waals surface area (Å²) in [6, 6.07) is 4.76. The van der Waals surface area contributed by atoms with Gasteiger partial charge in [0.25, 0.3) is 0 Å². The van der Waals surface area contributed by atoms with E-state index < -0.39 is 0 Å². The van der Waals surface area contributed by atoms with Gasteiger partial charge in [0, 0.05) is 19.8 Å². The number of hydrazine groups is 1. The summed E-state index contributed by atoms with van der Waals surface area (Å²) < 4.78 is 23.6. The third-order valence-electron chi connectivity index (χ3n) is 3.06. The highest BCUT2D eigenvalue weighted by molar-refractivity contribution is 5.31. The van der Waals surface area contributed by atoms with Gasteiger partial charge in [-0.05, 0) is 30.0 Å². The van der Waals surface area contributed by atoms with Gasteiger partial charge in [0.05, 0.1) is 7.11 Å². The van der Waals surface area contributed by atoms with Crippen molar-refractivity contribution in [2.45, 2.75) is 19.4 Å². The minimum Gasteiger partial charge on any atom is -0.494 e. The van der Waals surface area contributed by atoms with Crippen molar-refractivity contribution in [1.29, 1.82) is 0 Å². The van der Waals surface area contributed by atoms with E-state index >= 15 is 0 Å². The van der Waals surface area contributed by atoms with Crippen molar-refractivity contribution in [3.63, 3.8) is 0 Å². The van der Waals surface area contributed by atoms with Gasteiger partial charge in [0.15, 0.2) is 11.6 Å². The number of nitrogens with two attached hydrogens (primary N) is 1. The van der Waals surface area contributed by atoms with Crippen LogP contribution in [0.2, 0.25) is 0 Å². The number of halogens is 1. The van der Waals surface area contributed by atoms with Crippen molar-refractivity contribution in [1.82, 2.24) is 5.43 Å². The van der Waals surface area contributed by atoms with Crippen LogP contribution in [0.1, 0.15) is 24.9 Å². The fourth-order valence-electron chi connectivity index (χ4n) is 1.94. The molecule has 0 amide bonds. The Kier molecular flexibility index (Phi) is 6.04. The van der Waals surface area contributed by atoms with E-state index in [1.54, 1.807) is 13.2 Å². The van der Waals surface area contributed by atoms with E-state index in [1.165, 1.54) is 13.2 Å². The number of hydrogen-bond donors (Lipinski definition) is 2. The smallest absolute Gasteiger partial charge is 0.165 e. The normalized spacial score (nSPS) is 14.3. The molecule has 0 heterocycles. The first-order valence-electron chi connectivity index (χ1n) is 5.92. The first kappa shape index (κ1) is 14.9. The predicted octanol–water partition coefficient (Wildman–Crippen LogP) is 2.01. The Bertz CT molecular complexity index is 374. The monoisotopic (exact) mass is 256 g/mol. The molecule has 0 saturated heterocycles. The molecule has 0 aliphatic carbocycles. The summed E-state index contributed by atoms with van der Waals surface area (Å²) in [5, 5.41) is 0. The van der Waals surface area contributed by atoms with E-state index in [9.17, 15) is 4.39 Å². The van der Waals surface area contributed by atoms with Crippen LogP contribution in [0.15, 0.2) is 18.2 Å². The summed E-state index contributed by atoms with van der Waals surface area (Å²) in [4.78, 5) is 0. The van der Waals surface area contributed by atoms with E-state index in [0.29, 0.717) is 6.61 Å². The van der Waals surface area contributed by atoms with Crippen LogP contribution in [0.4, 0.5) is 4.39 Å². The van der Waals surface area contributed by atoms with Crippen LogP contribution in [-0.2, 0) is 4.74 Å². The zero-order chi connectivity index (χ0) is 13.5. The lowest BCUT2D eigenvalue weighted by atomic mass is 9.92. The van der Waals surface area contributed by atoms with Crippen molar-refractivity contribution in [3.05, 3.63) is 29.6 Å². The maximum absolute atomic E-state index is 13.6. The summed E-state index contributed by atoms with van der Waals surface area (Å²) in [6.07, 6.45) is 0.846. The Labute approximate surface area is 107 Å². The number of nitrogens with one attached hydrogen (secondary N) is 1. The lowest BCUT2D eigenvalue weighted by Gasteiger charge is -2.23. The molecule has 0 aromatic heterocycles. The summed E-state index contributed by atoms with van der Waals surface area (Å²) in [7, 11) is 3.10. The molecule has 3 N–H and O–H groups in total. The Morgan fingerprint density at radius 3 is 2.61 bits per heavy atom. The lowest BCUT2D eigenvalue weighted by molar-refractivity contribution is 0.170. The van der Waals surface area contributed by atoms with Gasteiger partial charge < -0.3 is 9.47 Å². The van der Waals surface area contributed by atoms with Crippen molar-refractivity contribution in [2.75, 3.05) is 20.8 Å². The van der Waals surface area contributed by atoms with E-state index in [2.05, 4.69) is 5.43 Å². The summed E-state index contributed by atoms with van der Waals surface area (Å²) in [5.41, 5.74) is 3.53. The Balaban J connectivity index is 2.84. The number of methoxy groups -OCH3 is 2. The largest absolute Gasteiger partial charge is 0.494 e. The second kappa shape index (κ2) is 7.31. The van der Waals surface area contributed by atoms with Crippen LogP contribution in [0.3, 0.4) is 0 Å². The van der Waals surface area contributed by atoms with Gasteiger partial charge >= 0.3 is 0 Å². The molecule has 1 aromatic carbocycles. The molecule has 0 fully saturated rings. The summed E-state index contributed by atoms with van der Waals surface area (Å²) in [6.45, 7) is 2.70. The molecular formula is C13H21FN2O2. The number of benzene rings is 1. The lowest BCUT2D eigenvalue weighted by Crippen LogP contribution is -2.33. The topological polar surface area (TPSA) is 56.5 Å². The van der Waals surface area contributed by atoms with Crippen LogP contribution < -0.4 is 16.0 Å². The standard InChI is InChI=1S/C13H21FN2O2/c1-9(6-7-17-2)13(16-15)10-4-5-12(18-3)11(14)8-10/h4-5,8-9,13,16H,6-7,15H2,1-3H3. The minimum atomic E-state index is -0.380. The zero-order valence-corrected chi connectivity index (χ0v) is 11.1. The average Bonchev–Trinajstić information content (AvgIpc) is 2.37. The highest BCUT2D eigenvalue weighted by Crippen LogP contribution is 2.27. The molecular weight excluding hydrogens is 235 g/mol. The maximum Gasteiger partial charge on any atom is 0.165 e. The van der Waals surface area contributed by atoms with Crippen molar-refractivity contribution in [3.8, 4) is 5.75 Å². The number of hydrogen-bond acceptors (Lipinski definition) is 4. The second-order valence-electron chi connectivity index (χ2n) is 4.30. The molecule has 2 unspecified atom stereocenters. The van der Waals surface area contributed by atoms with E-state index in [4.69, 9.17) is 15.3 Å². The zero-order valence-electron chi connectivity index (χ0n) is 11.1. The average molecular weight is 256 g/mol. The molecule has 0 radical (unpaired) electrons. The van der Waals surface area contributed by atoms with Gasteiger partial charge in [-0.15, -0.1) is 0 Å². The highest BCUT2D eigenvalue weighted by Gasteiger charge is 2.19. The Morgan fingerprint density at radius 2 is 2.11 bits per heavy atom. The molecule has 18 heavy (non-hydrogen) atoms. The van der Waals surface area contributed by atoms with Gasteiger partial charge in [0.1, 0.15) is 0 Å². The molecule has 2 atom stereocenters. The van der Waals surface area contributed by atoms with E-state index in [1.807, 2.05) is 13.0 Å². The van der Waals surface area contributed by atoms with Crippen LogP contribution in [0, 0.1) is 11.7 Å². The van der Waals surface area contributed by atoms with Crippen LogP contribution in [0.5, 0.6) is 5.75 Å². The third-order valence-corrected chi connectivity index (χ3v) is 3.06. The molecule has 4 nitrogen and oxygen atoms in total. The molecule has 0 aliphatic rings. The van der Waals surface area contributed by atoms with E-state index in [0.717, 1.165) is 12.0 Å². The van der Waals surface area contributed by atoms with Gasteiger partial charge in [0.2, 0.25) is 0 Å². The highest BCUT2D eigenvalue weighted by atomic mass is 19.1. The maximum atomic E-state index is 13.6. The van der Waals surface area contributed by atoms with E-state index in [-0.39, 0.29) is 23.5 Å². The Morgan fingerprint density at radius 1 is 1.39 bits per heavy atom. The molecule has 5 heteroatoms. The Hall–Kier alpha value is -1.17. The van der Waals surface area contributed by atoms with Crippen LogP contribution >= 0.6 is 0 Å². The summed E-state index contributed by atoms with van der Waals surface area (Å²) in [5.74, 6) is 5.65. The fraction of sp³-hybridized carbons (Fsp3) is 0.538. The number of ether oxygens (including phenoxy) is 2. The van der Waals surface area contributed by atoms with Gasteiger partial charge in [-0.25, -0.2) is 4.39 Å². The number of rotatable bonds is 7. The van der Waals surface area contributed by atoms with Gasteiger partial charge in [-0.3, -0.25) is 11.3 Å². The summed E-state index contributed by atoms with van der Waals surface area (Å²) >= 11 is 0. The molecule has 0 spiro atoms. The molecule has 0 saturated carbocycles. The van der Waals surface area contributed by atoms with Crippen LogP contribution in [-0.4, -0.2) is 20.8 Å². The first-order valence-corrected chi connectivity index (χ1v) is 5.92. The van der Waals surface area contributed by atoms with Gasteiger partial charge in [-0.1, -0.05) is 13.0 Å². The minimum absolute atomic E-state index is 0.111. The molecule has 1 aromatic rings. The van der Waals surface area contributed by atoms with Crippen molar-refractivity contribution >= 4 is 0 Å². The van der Waals surface area contributed by atoms with Crippen LogP contribution in [0.25, 0.3) is 0 Å². The van der Waals surface area contributed by atoms with Gasteiger partial charge in [-0.2, -0.15) is 0 Å². The molecule has 0 bridgehead atoms. The third kappa shape index (κ3) is 3.66. The molecule has 102 valence electrons. The molecule has 1 rings (SSSR count). The van der Waals surface area contributed by atoms with Crippen molar-refractivity contribution < 1.29 is 13.9 Å². The van der Waals surface area contributed by atoms with Crippen molar-refractivity contribution in [2.24, 2.45) is 11.8 Å². The SMILES string of the molecule is COCCC(C)C(NN)c1ccc(OC)c(F)c1. The quantitative estimate of drug-likeness (QED) is 0.579. The fourth-order valence-corrected chi connectivity index (χ4v) is 1.94. The first-order chi connectivity index (χ1) is 8.63. The molecule has 0 aliphatic heterocycles. The predicted molar refractivity (Wildman–Crippen MR) is 68.7 cm³/mol. The second-order valence-corrected chi connectivity index (χ2v) is 4.30.